The first-order valence-corrected chi connectivity index (χ1v) is 9.12. The molecule has 8 heteroatoms. The molecule has 0 radical (unpaired) electrons. The molecule has 1 aromatic rings. The fraction of sp³-hybridized carbons (Fsp3) is 0.421. The largest absolute Gasteiger partial charge is 0.460 e. The Balaban J connectivity index is 2.42. The van der Waals surface area contributed by atoms with E-state index in [-0.39, 0.29) is 12.5 Å². The van der Waals surface area contributed by atoms with Crippen LogP contribution in [0.1, 0.15) is 32.4 Å². The number of benzene rings is 1. The van der Waals surface area contributed by atoms with Crippen LogP contribution in [0.25, 0.3) is 0 Å². The molecular weight excluding hydrogens is 366 g/mol. The van der Waals surface area contributed by atoms with Gasteiger partial charge in [0, 0.05) is 32.0 Å². The molecule has 1 amide bonds. The van der Waals surface area contributed by atoms with Crippen molar-refractivity contribution in [2.75, 3.05) is 32.2 Å². The van der Waals surface area contributed by atoms with E-state index in [9.17, 15) is 9.59 Å². The molecular formula is C19H25N3O4S. The number of ether oxygens (including phenoxy) is 2. The van der Waals surface area contributed by atoms with Gasteiger partial charge in [0.05, 0.1) is 18.2 Å². The van der Waals surface area contributed by atoms with Crippen LogP contribution in [0, 0.1) is 0 Å². The van der Waals surface area contributed by atoms with Crippen LogP contribution in [0.4, 0.5) is 5.69 Å². The number of amides is 1. The quantitative estimate of drug-likeness (QED) is 0.420. The number of rotatable bonds is 7. The van der Waals surface area contributed by atoms with Crippen molar-refractivity contribution in [2.24, 2.45) is 0 Å². The second-order valence-corrected chi connectivity index (χ2v) is 6.45. The van der Waals surface area contributed by atoms with Crippen molar-refractivity contribution < 1.29 is 19.1 Å². The van der Waals surface area contributed by atoms with Gasteiger partial charge in [0.15, 0.2) is 5.11 Å². The van der Waals surface area contributed by atoms with Crippen molar-refractivity contribution in [3.05, 3.63) is 41.1 Å². The van der Waals surface area contributed by atoms with Crippen molar-refractivity contribution in [3.8, 4) is 0 Å². The molecule has 0 aliphatic carbocycles. The molecule has 1 unspecified atom stereocenters. The minimum absolute atomic E-state index is 0.164. The molecule has 0 spiro atoms. The van der Waals surface area contributed by atoms with Crippen molar-refractivity contribution in [1.82, 2.24) is 10.2 Å². The third-order valence-corrected chi connectivity index (χ3v) is 4.53. The van der Waals surface area contributed by atoms with E-state index < -0.39 is 12.0 Å². The summed E-state index contributed by atoms with van der Waals surface area (Å²) in [4.78, 5) is 26.0. The van der Waals surface area contributed by atoms with E-state index in [2.05, 4.69) is 10.6 Å². The van der Waals surface area contributed by atoms with Crippen molar-refractivity contribution >= 4 is 34.9 Å². The molecule has 0 saturated heterocycles. The minimum atomic E-state index is -0.468. The minimum Gasteiger partial charge on any atom is -0.460 e. The molecule has 1 heterocycles. The van der Waals surface area contributed by atoms with Gasteiger partial charge in [0.25, 0.3) is 0 Å². The highest BCUT2D eigenvalue weighted by Crippen LogP contribution is 2.32. The van der Waals surface area contributed by atoms with Crippen LogP contribution in [-0.2, 0) is 19.1 Å². The lowest BCUT2D eigenvalue weighted by atomic mass is 9.94. The molecule has 0 saturated carbocycles. The van der Waals surface area contributed by atoms with Gasteiger partial charge in [-0.1, -0.05) is 12.1 Å². The Labute approximate surface area is 164 Å². The van der Waals surface area contributed by atoms with Crippen LogP contribution < -0.4 is 10.6 Å². The number of carbonyl (C=O) groups is 2. The summed E-state index contributed by atoms with van der Waals surface area (Å²) in [6.45, 7) is 6.39. The zero-order valence-electron chi connectivity index (χ0n) is 16.0. The summed E-state index contributed by atoms with van der Waals surface area (Å²) >= 11 is 5.47. The Kier molecular flexibility index (Phi) is 7.32. The smallest absolute Gasteiger partial charge is 0.338 e. The first kappa shape index (κ1) is 20.9. The molecule has 1 atom stereocenters. The maximum atomic E-state index is 12.8. The van der Waals surface area contributed by atoms with E-state index in [1.807, 2.05) is 36.9 Å². The molecule has 1 aliphatic heterocycles. The number of esters is 1. The molecule has 7 nitrogen and oxygen atoms in total. The maximum Gasteiger partial charge on any atom is 0.338 e. The second-order valence-electron chi connectivity index (χ2n) is 6.06. The molecule has 27 heavy (non-hydrogen) atoms. The predicted molar refractivity (Wildman–Crippen MR) is 107 cm³/mol. The normalized spacial score (nSPS) is 16.8. The van der Waals surface area contributed by atoms with Crippen LogP contribution in [-0.4, -0.2) is 48.8 Å². The topological polar surface area (TPSA) is 79.9 Å². The van der Waals surface area contributed by atoms with Crippen LogP contribution in [0.3, 0.4) is 0 Å². The zero-order valence-corrected chi connectivity index (χ0v) is 16.8. The summed E-state index contributed by atoms with van der Waals surface area (Å²) < 4.78 is 10.3. The van der Waals surface area contributed by atoms with Gasteiger partial charge >= 0.3 is 5.97 Å². The Morgan fingerprint density at radius 2 is 2.07 bits per heavy atom. The van der Waals surface area contributed by atoms with Crippen molar-refractivity contribution in [2.45, 2.75) is 26.8 Å². The number of nitrogens with zero attached hydrogens (tertiary/aromatic N) is 1. The average molecular weight is 391 g/mol. The standard InChI is InChI=1S/C19H25N3O4S/c1-5-22-12(2)16(18(24)26-10-9-25-4)17(21-19(22)27)14-7-6-8-15(11-14)20-13(3)23/h6-8,11,17H,5,9-10H2,1-4H3,(H,20,23)(H,21,27). The summed E-state index contributed by atoms with van der Waals surface area (Å²) in [6.07, 6.45) is 0. The highest BCUT2D eigenvalue weighted by atomic mass is 32.1. The number of anilines is 1. The third-order valence-electron chi connectivity index (χ3n) is 4.19. The molecule has 1 aliphatic rings. The zero-order chi connectivity index (χ0) is 20.0. The van der Waals surface area contributed by atoms with E-state index >= 15 is 0 Å². The fourth-order valence-electron chi connectivity index (χ4n) is 2.97. The van der Waals surface area contributed by atoms with Crippen LogP contribution in [0.5, 0.6) is 0 Å². The van der Waals surface area contributed by atoms with Gasteiger partial charge in [0.2, 0.25) is 5.91 Å². The Morgan fingerprint density at radius 3 is 2.70 bits per heavy atom. The lowest BCUT2D eigenvalue weighted by Crippen LogP contribution is -2.47. The molecule has 146 valence electrons. The number of carbonyl (C=O) groups excluding carboxylic acids is 2. The van der Waals surface area contributed by atoms with E-state index in [0.717, 1.165) is 11.3 Å². The van der Waals surface area contributed by atoms with Gasteiger partial charge in [-0.3, -0.25) is 4.79 Å². The van der Waals surface area contributed by atoms with Gasteiger partial charge in [0.1, 0.15) is 6.61 Å². The SMILES string of the molecule is CCN1C(=S)NC(c2cccc(NC(C)=O)c2)C(C(=O)OCCOC)=C1C. The summed E-state index contributed by atoms with van der Waals surface area (Å²) in [7, 11) is 1.55. The highest BCUT2D eigenvalue weighted by Gasteiger charge is 2.34. The number of nitrogens with one attached hydrogen (secondary N) is 2. The molecule has 0 aromatic heterocycles. The highest BCUT2D eigenvalue weighted by molar-refractivity contribution is 7.80. The molecule has 1 aromatic carbocycles. The monoisotopic (exact) mass is 391 g/mol. The number of hydrogen-bond acceptors (Lipinski definition) is 5. The molecule has 0 fully saturated rings. The van der Waals surface area contributed by atoms with Gasteiger partial charge in [-0.25, -0.2) is 4.79 Å². The summed E-state index contributed by atoms with van der Waals surface area (Å²) in [5.74, 6) is -0.588. The predicted octanol–water partition coefficient (Wildman–Crippen LogP) is 2.36. The number of thiocarbonyl (C=S) groups is 1. The maximum absolute atomic E-state index is 12.8. The van der Waals surface area contributed by atoms with Crippen LogP contribution in [0.15, 0.2) is 35.5 Å². The Hall–Kier alpha value is -2.45. The fourth-order valence-corrected chi connectivity index (χ4v) is 3.36. The van der Waals surface area contributed by atoms with Gasteiger partial charge in [-0.2, -0.15) is 0 Å². The summed E-state index contributed by atoms with van der Waals surface area (Å²) in [6, 6.07) is 6.84. The van der Waals surface area contributed by atoms with Gasteiger partial charge in [-0.15, -0.1) is 0 Å². The Bertz CT molecular complexity index is 763. The van der Waals surface area contributed by atoms with E-state index in [4.69, 9.17) is 21.7 Å². The van der Waals surface area contributed by atoms with Gasteiger partial charge in [-0.05, 0) is 43.8 Å². The lowest BCUT2D eigenvalue weighted by molar-refractivity contribution is -0.140. The van der Waals surface area contributed by atoms with Gasteiger partial charge < -0.3 is 25.0 Å². The second kappa shape index (κ2) is 9.48. The number of hydrogen-bond donors (Lipinski definition) is 2. The lowest BCUT2D eigenvalue weighted by Gasteiger charge is -2.37. The average Bonchev–Trinajstić information content (AvgIpc) is 2.61. The van der Waals surface area contributed by atoms with Crippen LogP contribution in [0.2, 0.25) is 0 Å². The first-order valence-electron chi connectivity index (χ1n) is 8.71. The third kappa shape index (κ3) is 5.05. The number of methoxy groups -OCH3 is 1. The van der Waals surface area contributed by atoms with Crippen molar-refractivity contribution in [1.29, 1.82) is 0 Å². The molecule has 2 N–H and O–H groups in total. The summed E-state index contributed by atoms with van der Waals surface area (Å²) in [5, 5.41) is 6.51. The number of allylic oxidation sites excluding steroid dienone is 1. The molecule has 2 rings (SSSR count). The first-order chi connectivity index (χ1) is 12.9. The molecule has 0 bridgehead atoms. The van der Waals surface area contributed by atoms with E-state index in [1.54, 1.807) is 13.2 Å². The van der Waals surface area contributed by atoms with E-state index in [0.29, 0.717) is 29.5 Å². The summed E-state index contributed by atoms with van der Waals surface area (Å²) in [5.41, 5.74) is 2.69. The van der Waals surface area contributed by atoms with E-state index in [1.165, 1.54) is 6.92 Å². The van der Waals surface area contributed by atoms with Crippen molar-refractivity contribution in [3.63, 3.8) is 0 Å². The van der Waals surface area contributed by atoms with Crippen LogP contribution >= 0.6 is 12.2 Å². The Morgan fingerprint density at radius 1 is 1.33 bits per heavy atom.